The number of ketones is 1. The monoisotopic (exact) mass is 284 g/mol. The van der Waals surface area contributed by atoms with E-state index in [4.69, 9.17) is 4.74 Å². The molecule has 0 aliphatic heterocycles. The van der Waals surface area contributed by atoms with Gasteiger partial charge in [0.2, 0.25) is 0 Å². The van der Waals surface area contributed by atoms with E-state index >= 15 is 0 Å². The molecular weight excluding hydrogens is 264 g/mol. The fraction of sp³-hybridized carbons (Fsp3) is 0.278. The summed E-state index contributed by atoms with van der Waals surface area (Å²) in [5, 5.41) is 10.0. The Bertz CT molecular complexity index is 655. The highest BCUT2D eigenvalue weighted by atomic mass is 16.5. The van der Waals surface area contributed by atoms with Crippen molar-refractivity contribution in [2.75, 3.05) is 7.11 Å². The van der Waals surface area contributed by atoms with Gasteiger partial charge in [-0.15, -0.1) is 0 Å². The maximum atomic E-state index is 11.4. The van der Waals surface area contributed by atoms with Crippen molar-refractivity contribution in [2.24, 2.45) is 0 Å². The highest BCUT2D eigenvalue weighted by Gasteiger charge is 2.24. The molecule has 3 heteroatoms. The van der Waals surface area contributed by atoms with E-state index in [1.807, 2.05) is 30.3 Å². The van der Waals surface area contributed by atoms with Crippen LogP contribution in [-0.4, -0.2) is 18.0 Å². The predicted octanol–water partition coefficient (Wildman–Crippen LogP) is 3.93. The highest BCUT2D eigenvalue weighted by molar-refractivity contribution is 5.96. The number of methoxy groups -OCH3 is 1. The highest BCUT2D eigenvalue weighted by Crippen LogP contribution is 2.35. The molecule has 0 saturated heterocycles. The third kappa shape index (κ3) is 2.92. The van der Waals surface area contributed by atoms with Gasteiger partial charge in [-0.1, -0.05) is 32.0 Å². The zero-order valence-electron chi connectivity index (χ0n) is 12.8. The van der Waals surface area contributed by atoms with Crippen molar-refractivity contribution in [3.63, 3.8) is 0 Å². The number of Topliss-reactive ketones (excluding diaryl/α,β-unsaturated/α-hetero) is 1. The van der Waals surface area contributed by atoms with E-state index in [1.165, 1.54) is 6.92 Å². The molecule has 110 valence electrons. The number of phenols is 1. The topological polar surface area (TPSA) is 46.5 Å². The maximum Gasteiger partial charge on any atom is 0.163 e. The SMILES string of the molecule is COc1ccc(C(C)(C)c2ccc(C(C)=O)c(O)c2)cc1. The number of ether oxygens (including phenoxy) is 1. The Morgan fingerprint density at radius 3 is 2.10 bits per heavy atom. The normalized spacial score (nSPS) is 11.2. The van der Waals surface area contributed by atoms with Crippen LogP contribution in [0, 0.1) is 0 Å². The van der Waals surface area contributed by atoms with Crippen molar-refractivity contribution in [1.82, 2.24) is 0 Å². The van der Waals surface area contributed by atoms with Gasteiger partial charge in [-0.25, -0.2) is 0 Å². The molecule has 0 aliphatic rings. The van der Waals surface area contributed by atoms with Crippen molar-refractivity contribution in [3.8, 4) is 11.5 Å². The first-order valence-corrected chi connectivity index (χ1v) is 6.85. The molecule has 2 rings (SSSR count). The Kier molecular flexibility index (Phi) is 4.03. The van der Waals surface area contributed by atoms with Crippen molar-refractivity contribution >= 4 is 5.78 Å². The average molecular weight is 284 g/mol. The van der Waals surface area contributed by atoms with E-state index < -0.39 is 0 Å². The second-order valence-electron chi connectivity index (χ2n) is 5.64. The summed E-state index contributed by atoms with van der Waals surface area (Å²) in [7, 11) is 1.64. The average Bonchev–Trinajstić information content (AvgIpc) is 2.46. The molecule has 2 aromatic rings. The van der Waals surface area contributed by atoms with E-state index in [2.05, 4.69) is 13.8 Å². The molecule has 0 unspecified atom stereocenters. The van der Waals surface area contributed by atoms with Crippen molar-refractivity contribution in [1.29, 1.82) is 0 Å². The summed E-state index contributed by atoms with van der Waals surface area (Å²) in [6.45, 7) is 5.61. The summed E-state index contributed by atoms with van der Waals surface area (Å²) in [6.07, 6.45) is 0. The largest absolute Gasteiger partial charge is 0.507 e. The molecule has 0 spiro atoms. The second kappa shape index (κ2) is 5.60. The molecule has 0 heterocycles. The fourth-order valence-electron chi connectivity index (χ4n) is 2.39. The molecule has 0 aromatic heterocycles. The molecule has 0 bridgehead atoms. The Balaban J connectivity index is 2.42. The number of phenolic OH excluding ortho intramolecular Hbond substituents is 1. The number of hydrogen-bond acceptors (Lipinski definition) is 3. The van der Waals surface area contributed by atoms with Gasteiger partial charge < -0.3 is 9.84 Å². The first-order valence-electron chi connectivity index (χ1n) is 6.85. The minimum absolute atomic E-state index is 0.0292. The van der Waals surface area contributed by atoms with Gasteiger partial charge in [0.1, 0.15) is 11.5 Å². The standard InChI is InChI=1S/C18H20O3/c1-12(19)16-10-7-14(11-17(16)20)18(2,3)13-5-8-15(21-4)9-6-13/h5-11,20H,1-4H3. The molecule has 0 amide bonds. The van der Waals surface area contributed by atoms with Gasteiger partial charge in [-0.3, -0.25) is 4.79 Å². The molecule has 21 heavy (non-hydrogen) atoms. The van der Waals surface area contributed by atoms with Crippen LogP contribution in [0.3, 0.4) is 0 Å². The van der Waals surface area contributed by atoms with Gasteiger partial charge in [-0.2, -0.15) is 0 Å². The smallest absolute Gasteiger partial charge is 0.163 e. The number of hydrogen-bond donors (Lipinski definition) is 1. The van der Waals surface area contributed by atoms with Crippen LogP contribution in [0.5, 0.6) is 11.5 Å². The zero-order valence-corrected chi connectivity index (χ0v) is 12.8. The molecule has 0 fully saturated rings. The van der Waals surface area contributed by atoms with Gasteiger partial charge in [0.15, 0.2) is 5.78 Å². The summed E-state index contributed by atoms with van der Waals surface area (Å²) in [6, 6.07) is 13.1. The lowest BCUT2D eigenvalue weighted by Crippen LogP contribution is -2.19. The Hall–Kier alpha value is -2.29. The van der Waals surface area contributed by atoms with E-state index in [0.717, 1.165) is 16.9 Å². The van der Waals surface area contributed by atoms with Crippen molar-refractivity contribution < 1.29 is 14.6 Å². The fourth-order valence-corrected chi connectivity index (χ4v) is 2.39. The molecule has 1 N–H and O–H groups in total. The summed E-state index contributed by atoms with van der Waals surface area (Å²) in [5.41, 5.74) is 2.14. The number of aromatic hydroxyl groups is 1. The zero-order chi connectivity index (χ0) is 15.6. The molecule has 2 aromatic carbocycles. The Morgan fingerprint density at radius 1 is 1.05 bits per heavy atom. The molecular formula is C18H20O3. The minimum atomic E-state index is -0.279. The molecule has 0 saturated carbocycles. The number of rotatable bonds is 4. The summed E-state index contributed by atoms with van der Waals surface area (Å²) >= 11 is 0. The van der Waals surface area contributed by atoms with Crippen LogP contribution >= 0.6 is 0 Å². The van der Waals surface area contributed by atoms with Crippen LogP contribution in [0.1, 0.15) is 42.3 Å². The third-order valence-electron chi connectivity index (χ3n) is 3.91. The molecule has 0 atom stereocenters. The summed E-state index contributed by atoms with van der Waals surface area (Å²) in [4.78, 5) is 11.4. The second-order valence-corrected chi connectivity index (χ2v) is 5.64. The van der Waals surface area contributed by atoms with Crippen LogP contribution in [0.15, 0.2) is 42.5 Å². The molecule has 0 aliphatic carbocycles. The Labute approximate surface area is 125 Å². The van der Waals surface area contributed by atoms with Crippen molar-refractivity contribution in [3.05, 3.63) is 59.2 Å². The van der Waals surface area contributed by atoms with Crippen LogP contribution in [-0.2, 0) is 5.41 Å². The number of carbonyl (C=O) groups is 1. The molecule has 0 radical (unpaired) electrons. The van der Waals surface area contributed by atoms with Gasteiger partial charge in [0, 0.05) is 5.41 Å². The first kappa shape index (κ1) is 15.1. The van der Waals surface area contributed by atoms with Crippen LogP contribution < -0.4 is 4.74 Å². The predicted molar refractivity (Wildman–Crippen MR) is 83.2 cm³/mol. The number of carbonyl (C=O) groups excluding carboxylic acids is 1. The lowest BCUT2D eigenvalue weighted by molar-refractivity contribution is 0.101. The third-order valence-corrected chi connectivity index (χ3v) is 3.91. The van der Waals surface area contributed by atoms with Crippen molar-refractivity contribution in [2.45, 2.75) is 26.2 Å². The van der Waals surface area contributed by atoms with Crippen LogP contribution in [0.25, 0.3) is 0 Å². The van der Waals surface area contributed by atoms with E-state index in [0.29, 0.717) is 5.56 Å². The Morgan fingerprint density at radius 2 is 1.62 bits per heavy atom. The van der Waals surface area contributed by atoms with Crippen LogP contribution in [0.2, 0.25) is 0 Å². The first-order chi connectivity index (χ1) is 9.86. The van der Waals surface area contributed by atoms with Gasteiger partial charge in [-0.05, 0) is 42.3 Å². The number of benzene rings is 2. The molecule has 3 nitrogen and oxygen atoms in total. The maximum absolute atomic E-state index is 11.4. The lowest BCUT2D eigenvalue weighted by atomic mass is 9.77. The van der Waals surface area contributed by atoms with E-state index in [9.17, 15) is 9.90 Å². The van der Waals surface area contributed by atoms with Gasteiger partial charge >= 0.3 is 0 Å². The van der Waals surface area contributed by atoms with Crippen LogP contribution in [0.4, 0.5) is 0 Å². The summed E-state index contributed by atoms with van der Waals surface area (Å²) < 4.78 is 5.17. The van der Waals surface area contributed by atoms with Gasteiger partial charge in [0.05, 0.1) is 12.7 Å². The lowest BCUT2D eigenvalue weighted by Gasteiger charge is -2.26. The van der Waals surface area contributed by atoms with Gasteiger partial charge in [0.25, 0.3) is 0 Å². The van der Waals surface area contributed by atoms with E-state index in [1.54, 1.807) is 19.2 Å². The minimum Gasteiger partial charge on any atom is -0.507 e. The summed E-state index contributed by atoms with van der Waals surface area (Å²) in [5.74, 6) is 0.701. The quantitative estimate of drug-likeness (QED) is 0.865. The van der Waals surface area contributed by atoms with E-state index in [-0.39, 0.29) is 16.9 Å².